The summed E-state index contributed by atoms with van der Waals surface area (Å²) in [5.74, 6) is 1.70. The van der Waals surface area contributed by atoms with E-state index in [4.69, 9.17) is 4.74 Å². The normalized spacial score (nSPS) is 30.1. The number of amides is 1. The quantitative estimate of drug-likeness (QED) is 0.572. The number of benzene rings is 1. The van der Waals surface area contributed by atoms with E-state index in [1.165, 1.54) is 44.1 Å². The Labute approximate surface area is 193 Å². The van der Waals surface area contributed by atoms with Crippen molar-refractivity contribution in [2.24, 2.45) is 23.7 Å². The standard InChI is InChI=1S/C24H29N3O5S/c1-32-20-11-19(12-25-13-20)27-33(30,31)22-5-3-2-4-21(22)23(28)26-14-24(29)17-7-15-6-16(9-17)10-18(24)8-15/h2-5,11-13,15-18,27,29H,6-10,14H2,1H3,(H,26,28). The zero-order valence-corrected chi connectivity index (χ0v) is 19.3. The Morgan fingerprint density at radius 2 is 1.79 bits per heavy atom. The molecule has 8 nitrogen and oxygen atoms in total. The Morgan fingerprint density at radius 1 is 1.12 bits per heavy atom. The summed E-state index contributed by atoms with van der Waals surface area (Å²) >= 11 is 0. The van der Waals surface area contributed by atoms with Crippen LogP contribution < -0.4 is 14.8 Å². The van der Waals surface area contributed by atoms with Gasteiger partial charge < -0.3 is 15.2 Å². The molecular formula is C24H29N3O5S. The molecule has 0 spiro atoms. The van der Waals surface area contributed by atoms with Crippen molar-refractivity contribution in [1.29, 1.82) is 0 Å². The van der Waals surface area contributed by atoms with Gasteiger partial charge in [0.25, 0.3) is 15.9 Å². The molecule has 1 amide bonds. The van der Waals surface area contributed by atoms with E-state index in [1.54, 1.807) is 12.1 Å². The van der Waals surface area contributed by atoms with Crippen LogP contribution in [0.1, 0.15) is 42.5 Å². The van der Waals surface area contributed by atoms with Crippen LogP contribution in [-0.4, -0.2) is 43.7 Å². The zero-order chi connectivity index (χ0) is 23.2. The molecule has 1 aromatic carbocycles. The topological polar surface area (TPSA) is 118 Å². The summed E-state index contributed by atoms with van der Waals surface area (Å²) in [5.41, 5.74) is -0.651. The second kappa shape index (κ2) is 8.29. The number of aliphatic hydroxyl groups is 1. The molecule has 4 saturated carbocycles. The summed E-state index contributed by atoms with van der Waals surface area (Å²) in [7, 11) is -2.59. The van der Waals surface area contributed by atoms with Crippen LogP contribution in [0.15, 0.2) is 47.6 Å². The maximum absolute atomic E-state index is 13.1. The molecule has 6 rings (SSSR count). The van der Waals surface area contributed by atoms with Crippen LogP contribution in [0.2, 0.25) is 0 Å². The van der Waals surface area contributed by atoms with Crippen molar-refractivity contribution in [3.63, 3.8) is 0 Å². The predicted molar refractivity (Wildman–Crippen MR) is 122 cm³/mol. The fraction of sp³-hybridized carbons (Fsp3) is 0.500. The number of hydrogen-bond acceptors (Lipinski definition) is 6. The maximum atomic E-state index is 13.1. The molecule has 4 aliphatic rings. The smallest absolute Gasteiger partial charge is 0.262 e. The average Bonchev–Trinajstić information content (AvgIpc) is 2.80. The van der Waals surface area contributed by atoms with Gasteiger partial charge in [-0.3, -0.25) is 14.5 Å². The molecule has 0 unspecified atom stereocenters. The summed E-state index contributed by atoms with van der Waals surface area (Å²) in [4.78, 5) is 16.9. The Hall–Kier alpha value is -2.65. The van der Waals surface area contributed by atoms with Crippen molar-refractivity contribution in [3.05, 3.63) is 48.3 Å². The largest absolute Gasteiger partial charge is 0.495 e. The highest BCUT2D eigenvalue weighted by molar-refractivity contribution is 7.92. The number of rotatable bonds is 7. The summed E-state index contributed by atoms with van der Waals surface area (Å²) in [6, 6.07) is 7.57. The summed E-state index contributed by atoms with van der Waals surface area (Å²) < 4.78 is 33.7. The second-order valence-corrected chi connectivity index (χ2v) is 11.3. The fourth-order valence-corrected chi connectivity index (χ4v) is 7.53. The molecule has 1 aromatic heterocycles. The van der Waals surface area contributed by atoms with Crippen LogP contribution in [0.25, 0.3) is 0 Å². The van der Waals surface area contributed by atoms with Gasteiger partial charge in [0.15, 0.2) is 0 Å². The van der Waals surface area contributed by atoms with Crippen LogP contribution in [0, 0.1) is 23.7 Å². The van der Waals surface area contributed by atoms with Crippen molar-refractivity contribution < 1.29 is 23.1 Å². The van der Waals surface area contributed by atoms with E-state index in [1.807, 2.05) is 0 Å². The number of sulfonamides is 1. The monoisotopic (exact) mass is 471 g/mol. The molecule has 0 atom stereocenters. The van der Waals surface area contributed by atoms with Crippen LogP contribution in [0.3, 0.4) is 0 Å². The van der Waals surface area contributed by atoms with Gasteiger partial charge in [-0.05, 0) is 67.9 Å². The number of methoxy groups -OCH3 is 1. The molecule has 0 saturated heterocycles. The number of anilines is 1. The lowest BCUT2D eigenvalue weighted by atomic mass is 9.50. The number of carbonyl (C=O) groups excluding carboxylic acids is 1. The third-order valence-electron chi connectivity index (χ3n) is 7.71. The molecular weight excluding hydrogens is 442 g/mol. The number of ether oxygens (including phenoxy) is 1. The van der Waals surface area contributed by atoms with E-state index in [0.717, 1.165) is 25.7 Å². The van der Waals surface area contributed by atoms with E-state index >= 15 is 0 Å². The van der Waals surface area contributed by atoms with Crippen molar-refractivity contribution in [2.45, 2.75) is 42.6 Å². The highest BCUT2D eigenvalue weighted by atomic mass is 32.2. The van der Waals surface area contributed by atoms with Crippen molar-refractivity contribution in [1.82, 2.24) is 10.3 Å². The Bertz CT molecular complexity index is 1140. The predicted octanol–water partition coefficient (Wildman–Crippen LogP) is 2.81. The summed E-state index contributed by atoms with van der Waals surface area (Å²) in [5, 5.41) is 14.3. The molecule has 1 heterocycles. The number of aromatic nitrogens is 1. The third kappa shape index (κ3) is 4.08. The molecule has 176 valence electrons. The van der Waals surface area contributed by atoms with Crippen molar-refractivity contribution >= 4 is 21.6 Å². The first kappa shape index (κ1) is 22.2. The number of nitrogens with zero attached hydrogens (tertiary/aromatic N) is 1. The third-order valence-corrected chi connectivity index (χ3v) is 9.15. The zero-order valence-electron chi connectivity index (χ0n) is 18.5. The van der Waals surface area contributed by atoms with Crippen LogP contribution in [-0.2, 0) is 10.0 Å². The number of pyridine rings is 1. The molecule has 9 heteroatoms. The molecule has 0 aliphatic heterocycles. The van der Waals surface area contributed by atoms with Gasteiger partial charge in [-0.15, -0.1) is 0 Å². The van der Waals surface area contributed by atoms with Crippen LogP contribution in [0.5, 0.6) is 5.75 Å². The van der Waals surface area contributed by atoms with E-state index in [9.17, 15) is 18.3 Å². The average molecular weight is 472 g/mol. The summed E-state index contributed by atoms with van der Waals surface area (Å²) in [6.45, 7) is 0.141. The molecule has 2 aromatic rings. The van der Waals surface area contributed by atoms with Gasteiger partial charge in [0.05, 0.1) is 36.4 Å². The van der Waals surface area contributed by atoms with E-state index in [-0.39, 0.29) is 34.5 Å². The van der Waals surface area contributed by atoms with E-state index < -0.39 is 21.5 Å². The first-order valence-electron chi connectivity index (χ1n) is 11.4. The molecule has 0 radical (unpaired) electrons. The molecule has 4 bridgehead atoms. The maximum Gasteiger partial charge on any atom is 0.262 e. The number of hydrogen-bond donors (Lipinski definition) is 3. The fourth-order valence-electron chi connectivity index (χ4n) is 6.29. The lowest BCUT2D eigenvalue weighted by Gasteiger charge is -2.58. The van der Waals surface area contributed by atoms with Gasteiger partial charge in [-0.25, -0.2) is 8.42 Å². The van der Waals surface area contributed by atoms with Gasteiger partial charge >= 0.3 is 0 Å². The van der Waals surface area contributed by atoms with Crippen molar-refractivity contribution in [3.8, 4) is 5.75 Å². The first-order valence-corrected chi connectivity index (χ1v) is 12.9. The van der Waals surface area contributed by atoms with Gasteiger partial charge in [-0.2, -0.15) is 0 Å². The first-order chi connectivity index (χ1) is 15.8. The highest BCUT2D eigenvalue weighted by Crippen LogP contribution is 2.58. The lowest BCUT2D eigenvalue weighted by Crippen LogP contribution is -2.62. The molecule has 4 fully saturated rings. The SMILES string of the molecule is COc1cncc(NS(=O)(=O)c2ccccc2C(=O)NCC2(O)C3CC4CC(C3)CC2C4)c1. The minimum atomic E-state index is -4.06. The van der Waals surface area contributed by atoms with Crippen LogP contribution in [0.4, 0.5) is 5.69 Å². The molecule has 3 N–H and O–H groups in total. The Kier molecular flexibility index (Phi) is 5.56. The van der Waals surface area contributed by atoms with Gasteiger partial charge in [-0.1, -0.05) is 12.1 Å². The van der Waals surface area contributed by atoms with Gasteiger partial charge in [0.1, 0.15) is 10.6 Å². The van der Waals surface area contributed by atoms with E-state index in [2.05, 4.69) is 15.0 Å². The minimum Gasteiger partial charge on any atom is -0.495 e. The number of carbonyl (C=O) groups is 1. The van der Waals surface area contributed by atoms with E-state index in [0.29, 0.717) is 17.6 Å². The number of nitrogens with one attached hydrogen (secondary N) is 2. The Balaban J connectivity index is 1.33. The van der Waals surface area contributed by atoms with Crippen molar-refractivity contribution in [2.75, 3.05) is 18.4 Å². The summed E-state index contributed by atoms with van der Waals surface area (Å²) in [6.07, 6.45) is 8.17. The minimum absolute atomic E-state index is 0.0354. The van der Waals surface area contributed by atoms with Gasteiger partial charge in [0, 0.05) is 12.6 Å². The van der Waals surface area contributed by atoms with Gasteiger partial charge in [0.2, 0.25) is 0 Å². The highest BCUT2D eigenvalue weighted by Gasteiger charge is 2.56. The Morgan fingerprint density at radius 3 is 2.45 bits per heavy atom. The second-order valence-electron chi connectivity index (χ2n) is 9.69. The lowest BCUT2D eigenvalue weighted by molar-refractivity contribution is -0.168. The molecule has 33 heavy (non-hydrogen) atoms. The molecule has 4 aliphatic carbocycles. The van der Waals surface area contributed by atoms with Crippen LogP contribution >= 0.6 is 0 Å².